The molecule has 0 aliphatic carbocycles. The van der Waals surface area contributed by atoms with Gasteiger partial charge in [0.2, 0.25) is 5.91 Å². The number of amides is 1. The van der Waals surface area contributed by atoms with E-state index in [4.69, 9.17) is 23.2 Å². The highest BCUT2D eigenvalue weighted by atomic mass is 35.5. The molecule has 2 aromatic heterocycles. The van der Waals surface area contributed by atoms with E-state index in [9.17, 15) is 13.6 Å². The van der Waals surface area contributed by atoms with E-state index in [0.29, 0.717) is 23.2 Å². The van der Waals surface area contributed by atoms with Gasteiger partial charge in [-0.25, -0.2) is 23.7 Å². The van der Waals surface area contributed by atoms with Crippen LogP contribution in [0.5, 0.6) is 0 Å². The molecule has 0 radical (unpaired) electrons. The van der Waals surface area contributed by atoms with Gasteiger partial charge in [0.15, 0.2) is 0 Å². The third kappa shape index (κ3) is 4.41. The molecule has 0 fully saturated rings. The van der Waals surface area contributed by atoms with Crippen molar-refractivity contribution in [1.82, 2.24) is 20.3 Å². The maximum atomic E-state index is 12.4. The first kappa shape index (κ1) is 20.5. The summed E-state index contributed by atoms with van der Waals surface area (Å²) in [4.78, 5) is 25.2. The van der Waals surface area contributed by atoms with E-state index in [0.717, 1.165) is 5.56 Å². The number of rotatable bonds is 6. The maximum Gasteiger partial charge on any atom is 0.255 e. The van der Waals surface area contributed by atoms with Crippen LogP contribution < -0.4 is 16.0 Å². The summed E-state index contributed by atoms with van der Waals surface area (Å²) in [6, 6.07) is 1.79. The van der Waals surface area contributed by atoms with Gasteiger partial charge < -0.3 is 16.0 Å². The second kappa shape index (κ2) is 8.00. The summed E-state index contributed by atoms with van der Waals surface area (Å²) in [6.45, 7) is 2.89. The molecule has 3 N–H and O–H groups in total. The van der Waals surface area contributed by atoms with Gasteiger partial charge in [-0.3, -0.25) is 4.79 Å². The van der Waals surface area contributed by atoms with Crippen LogP contribution in [0.25, 0.3) is 0 Å². The topological polar surface area (TPSA) is 91.8 Å². The molecule has 1 unspecified atom stereocenters. The summed E-state index contributed by atoms with van der Waals surface area (Å²) in [5.74, 6) is 0.593. The van der Waals surface area contributed by atoms with Crippen molar-refractivity contribution >= 4 is 40.7 Å². The Hall–Kier alpha value is -2.26. The molecule has 2 aromatic rings. The summed E-state index contributed by atoms with van der Waals surface area (Å²) in [5.41, 5.74) is -0.365. The van der Waals surface area contributed by atoms with Crippen LogP contribution in [0.4, 0.5) is 20.4 Å². The standard InChI is InChI=1S/C17H18Cl2F2N6O/c1-17(2,16(28)25-7-12(20)21)27-15-11(19)6-24-14(26-15)10-5-23-13-9(10)3-8(18)4-22-13/h3-4,6,10,12H,5,7H2,1-2H3,(H,22,23)(H,25,28)(H,24,26,27). The molecule has 28 heavy (non-hydrogen) atoms. The molecule has 0 bridgehead atoms. The lowest BCUT2D eigenvalue weighted by Gasteiger charge is -2.26. The van der Waals surface area contributed by atoms with Crippen molar-refractivity contribution in [2.24, 2.45) is 0 Å². The number of nitrogens with one attached hydrogen (secondary N) is 3. The van der Waals surface area contributed by atoms with E-state index in [1.165, 1.54) is 6.20 Å². The van der Waals surface area contributed by atoms with Gasteiger partial charge in [0, 0.05) is 18.3 Å². The Bertz CT molecular complexity index is 896. The number of carbonyl (C=O) groups excluding carboxylic acids is 1. The van der Waals surface area contributed by atoms with Crippen molar-refractivity contribution in [2.75, 3.05) is 23.7 Å². The van der Waals surface area contributed by atoms with Gasteiger partial charge in [0.25, 0.3) is 6.43 Å². The second-order valence-corrected chi connectivity index (χ2v) is 7.64. The van der Waals surface area contributed by atoms with Crippen LogP contribution >= 0.6 is 23.2 Å². The van der Waals surface area contributed by atoms with Gasteiger partial charge in [-0.05, 0) is 19.9 Å². The third-order valence-corrected chi connectivity index (χ3v) is 4.71. The van der Waals surface area contributed by atoms with Gasteiger partial charge in [0.1, 0.15) is 28.0 Å². The Morgan fingerprint density at radius 1 is 1.36 bits per heavy atom. The van der Waals surface area contributed by atoms with Crippen LogP contribution in [-0.4, -0.2) is 45.9 Å². The van der Waals surface area contributed by atoms with Crippen molar-refractivity contribution in [3.8, 4) is 0 Å². The van der Waals surface area contributed by atoms with Gasteiger partial charge in [-0.2, -0.15) is 0 Å². The van der Waals surface area contributed by atoms with Crippen molar-refractivity contribution in [2.45, 2.75) is 31.7 Å². The molecule has 1 amide bonds. The zero-order valence-electron chi connectivity index (χ0n) is 15.1. The molecule has 3 heterocycles. The number of halogens is 4. The Morgan fingerprint density at radius 3 is 2.82 bits per heavy atom. The molecule has 3 rings (SSSR count). The first-order chi connectivity index (χ1) is 13.2. The Morgan fingerprint density at radius 2 is 2.11 bits per heavy atom. The Balaban J connectivity index is 1.83. The summed E-state index contributed by atoms with van der Waals surface area (Å²) < 4.78 is 24.7. The van der Waals surface area contributed by atoms with E-state index in [1.807, 2.05) is 0 Å². The SMILES string of the molecule is CC(C)(Nc1nc(C2CNc3ncc(Cl)cc32)ncc1Cl)C(=O)NCC(F)F. The molecule has 0 aromatic carbocycles. The third-order valence-electron chi connectivity index (χ3n) is 4.22. The fourth-order valence-electron chi connectivity index (χ4n) is 2.79. The molecule has 11 heteroatoms. The molecule has 0 saturated heterocycles. The van der Waals surface area contributed by atoms with Gasteiger partial charge in [-0.1, -0.05) is 23.2 Å². The predicted molar refractivity (Wildman–Crippen MR) is 103 cm³/mol. The number of fused-ring (bicyclic) bond motifs is 1. The highest BCUT2D eigenvalue weighted by Crippen LogP contribution is 2.35. The smallest absolute Gasteiger partial charge is 0.255 e. The first-order valence-corrected chi connectivity index (χ1v) is 9.19. The van der Waals surface area contributed by atoms with E-state index in [1.54, 1.807) is 26.1 Å². The molecule has 1 atom stereocenters. The quantitative estimate of drug-likeness (QED) is 0.650. The van der Waals surface area contributed by atoms with Crippen molar-refractivity contribution in [1.29, 1.82) is 0 Å². The minimum Gasteiger partial charge on any atom is -0.369 e. The number of aromatic nitrogens is 3. The highest BCUT2D eigenvalue weighted by molar-refractivity contribution is 6.32. The van der Waals surface area contributed by atoms with Gasteiger partial charge in [0.05, 0.1) is 23.7 Å². The first-order valence-electron chi connectivity index (χ1n) is 8.44. The monoisotopic (exact) mass is 430 g/mol. The summed E-state index contributed by atoms with van der Waals surface area (Å²) in [6.07, 6.45) is 0.339. The van der Waals surface area contributed by atoms with Crippen LogP contribution in [0, 0.1) is 0 Å². The number of hydrogen-bond donors (Lipinski definition) is 3. The van der Waals surface area contributed by atoms with Crippen molar-refractivity contribution in [3.05, 3.63) is 39.9 Å². The summed E-state index contributed by atoms with van der Waals surface area (Å²) in [7, 11) is 0. The number of carbonyl (C=O) groups is 1. The number of nitrogens with zero attached hydrogens (tertiary/aromatic N) is 3. The minimum atomic E-state index is -2.63. The summed E-state index contributed by atoms with van der Waals surface area (Å²) in [5, 5.41) is 8.95. The minimum absolute atomic E-state index is 0.199. The Labute approximate surface area is 170 Å². The Kier molecular flexibility index (Phi) is 5.85. The van der Waals surface area contributed by atoms with Gasteiger partial charge in [-0.15, -0.1) is 0 Å². The molecular weight excluding hydrogens is 413 g/mol. The molecule has 150 valence electrons. The van der Waals surface area contributed by atoms with Crippen LogP contribution in [0.15, 0.2) is 18.5 Å². The van der Waals surface area contributed by atoms with Gasteiger partial charge >= 0.3 is 0 Å². The van der Waals surface area contributed by atoms with Crippen LogP contribution in [0.2, 0.25) is 10.0 Å². The number of pyridine rings is 1. The van der Waals surface area contributed by atoms with E-state index in [2.05, 4.69) is 30.9 Å². The van der Waals surface area contributed by atoms with Crippen LogP contribution in [0.1, 0.15) is 31.2 Å². The molecule has 0 saturated carbocycles. The lowest BCUT2D eigenvalue weighted by Crippen LogP contribution is -2.49. The van der Waals surface area contributed by atoms with E-state index in [-0.39, 0.29) is 16.8 Å². The second-order valence-electron chi connectivity index (χ2n) is 6.80. The molecule has 1 aliphatic heterocycles. The van der Waals surface area contributed by atoms with E-state index >= 15 is 0 Å². The molecule has 0 spiro atoms. The lowest BCUT2D eigenvalue weighted by molar-refractivity contribution is -0.125. The molecule has 1 aliphatic rings. The number of alkyl halides is 2. The number of anilines is 2. The zero-order valence-corrected chi connectivity index (χ0v) is 16.6. The maximum absolute atomic E-state index is 12.4. The summed E-state index contributed by atoms with van der Waals surface area (Å²) >= 11 is 12.2. The largest absolute Gasteiger partial charge is 0.369 e. The van der Waals surface area contributed by atoms with Crippen molar-refractivity contribution < 1.29 is 13.6 Å². The van der Waals surface area contributed by atoms with Crippen LogP contribution in [0.3, 0.4) is 0 Å². The number of hydrogen-bond acceptors (Lipinski definition) is 6. The highest BCUT2D eigenvalue weighted by Gasteiger charge is 2.31. The van der Waals surface area contributed by atoms with Crippen molar-refractivity contribution in [3.63, 3.8) is 0 Å². The van der Waals surface area contributed by atoms with Crippen LogP contribution in [-0.2, 0) is 4.79 Å². The average molecular weight is 431 g/mol. The average Bonchev–Trinajstić information content (AvgIpc) is 3.04. The normalized spacial score (nSPS) is 15.9. The predicted octanol–water partition coefficient (Wildman–Crippen LogP) is 3.31. The fraction of sp³-hybridized carbons (Fsp3) is 0.412. The lowest BCUT2D eigenvalue weighted by atomic mass is 10.0. The van der Waals surface area contributed by atoms with E-state index < -0.39 is 24.4 Å². The fourth-order valence-corrected chi connectivity index (χ4v) is 3.09. The molecular formula is C17H18Cl2F2N6O. The zero-order chi connectivity index (χ0) is 20.5. The molecule has 7 nitrogen and oxygen atoms in total.